The Hall–Kier alpha value is -1.15. The molecule has 8 heteroatoms. The first-order valence-electron chi connectivity index (χ1n) is 6.69. The van der Waals surface area contributed by atoms with Gasteiger partial charge in [0.2, 0.25) is 15.9 Å². The van der Waals surface area contributed by atoms with Crippen molar-refractivity contribution >= 4 is 21.9 Å². The molecule has 0 rings (SSSR count). The van der Waals surface area contributed by atoms with Crippen LogP contribution in [-0.4, -0.2) is 42.7 Å². The Kier molecular flexibility index (Phi) is 7.15. The lowest BCUT2D eigenvalue weighted by Crippen LogP contribution is -2.58. The van der Waals surface area contributed by atoms with Gasteiger partial charge in [0.05, 0.1) is 11.8 Å². The minimum atomic E-state index is -3.52. The van der Waals surface area contributed by atoms with E-state index in [0.717, 1.165) is 0 Å². The molecule has 0 aromatic rings. The van der Waals surface area contributed by atoms with Crippen LogP contribution in [0.25, 0.3) is 0 Å². The van der Waals surface area contributed by atoms with Gasteiger partial charge in [-0.25, -0.2) is 17.9 Å². The van der Waals surface area contributed by atoms with Gasteiger partial charge in [-0.3, -0.25) is 4.79 Å². The van der Waals surface area contributed by atoms with Crippen molar-refractivity contribution in [2.24, 2.45) is 0 Å². The quantitative estimate of drug-likeness (QED) is 0.573. The summed E-state index contributed by atoms with van der Waals surface area (Å²) < 4.78 is 25.4. The molecule has 1 unspecified atom stereocenters. The standard InChI is InChI=1S/C12H24N2O5S/c1-5-8-20(18,19)14-9(4)10(15)13-12(6-2,7-3)11(16)17/h9,14H,5-8H2,1-4H3,(H,13,15)(H,16,17). The Morgan fingerprint density at radius 1 is 1.20 bits per heavy atom. The number of hydrogen-bond donors (Lipinski definition) is 3. The van der Waals surface area contributed by atoms with Gasteiger partial charge in [-0.1, -0.05) is 20.8 Å². The number of rotatable bonds is 9. The fourth-order valence-corrected chi connectivity index (χ4v) is 3.08. The minimum absolute atomic E-state index is 0.0732. The smallest absolute Gasteiger partial charge is 0.329 e. The number of nitrogens with one attached hydrogen (secondary N) is 2. The molecule has 0 aliphatic rings. The summed E-state index contributed by atoms with van der Waals surface area (Å²) in [5, 5.41) is 11.6. The summed E-state index contributed by atoms with van der Waals surface area (Å²) in [7, 11) is -3.52. The average Bonchev–Trinajstić information content (AvgIpc) is 2.34. The van der Waals surface area contributed by atoms with Gasteiger partial charge in [0, 0.05) is 0 Å². The maximum absolute atomic E-state index is 12.0. The van der Waals surface area contributed by atoms with Crippen molar-refractivity contribution in [3.63, 3.8) is 0 Å². The van der Waals surface area contributed by atoms with E-state index in [1.807, 2.05) is 0 Å². The average molecular weight is 308 g/mol. The number of carbonyl (C=O) groups is 2. The van der Waals surface area contributed by atoms with Crippen molar-refractivity contribution < 1.29 is 23.1 Å². The van der Waals surface area contributed by atoms with E-state index in [0.29, 0.717) is 6.42 Å². The molecule has 7 nitrogen and oxygen atoms in total. The number of carboxylic acids is 1. The zero-order chi connectivity index (χ0) is 16.0. The van der Waals surface area contributed by atoms with Gasteiger partial charge in [-0.2, -0.15) is 0 Å². The third-order valence-corrected chi connectivity index (χ3v) is 4.86. The van der Waals surface area contributed by atoms with E-state index in [2.05, 4.69) is 10.0 Å². The van der Waals surface area contributed by atoms with Gasteiger partial charge < -0.3 is 10.4 Å². The summed E-state index contributed by atoms with van der Waals surface area (Å²) in [5.74, 6) is -1.84. The second kappa shape index (κ2) is 7.58. The number of carbonyl (C=O) groups excluding carboxylic acids is 1. The number of amides is 1. The summed E-state index contributed by atoms with van der Waals surface area (Å²) in [6.45, 7) is 6.42. The zero-order valence-electron chi connectivity index (χ0n) is 12.4. The zero-order valence-corrected chi connectivity index (χ0v) is 13.2. The van der Waals surface area contributed by atoms with Crippen LogP contribution in [0, 0.1) is 0 Å². The first kappa shape index (κ1) is 18.9. The largest absolute Gasteiger partial charge is 0.480 e. The normalized spacial score (nSPS) is 13.8. The summed E-state index contributed by atoms with van der Waals surface area (Å²) in [6.07, 6.45) is 0.880. The van der Waals surface area contributed by atoms with Gasteiger partial charge in [-0.15, -0.1) is 0 Å². The van der Waals surface area contributed by atoms with Crippen molar-refractivity contribution in [1.82, 2.24) is 10.0 Å². The van der Waals surface area contributed by atoms with E-state index >= 15 is 0 Å². The van der Waals surface area contributed by atoms with Gasteiger partial charge >= 0.3 is 5.97 Å². The van der Waals surface area contributed by atoms with Crippen LogP contribution in [0.5, 0.6) is 0 Å². The van der Waals surface area contributed by atoms with E-state index in [1.54, 1.807) is 20.8 Å². The molecule has 0 saturated heterocycles. The topological polar surface area (TPSA) is 113 Å². The highest BCUT2D eigenvalue weighted by atomic mass is 32.2. The van der Waals surface area contributed by atoms with Crippen LogP contribution in [0.15, 0.2) is 0 Å². The third-order valence-electron chi connectivity index (χ3n) is 3.20. The highest BCUT2D eigenvalue weighted by molar-refractivity contribution is 7.89. The maximum Gasteiger partial charge on any atom is 0.329 e. The molecule has 0 spiro atoms. The molecule has 0 bridgehead atoms. The second-order valence-electron chi connectivity index (χ2n) is 4.74. The molecule has 1 amide bonds. The number of hydrogen-bond acceptors (Lipinski definition) is 4. The van der Waals surface area contributed by atoms with Gasteiger partial charge in [0.25, 0.3) is 0 Å². The Balaban J connectivity index is 4.87. The van der Waals surface area contributed by atoms with E-state index in [9.17, 15) is 23.1 Å². The first-order chi connectivity index (χ1) is 9.14. The van der Waals surface area contributed by atoms with Crippen molar-refractivity contribution in [1.29, 1.82) is 0 Å². The van der Waals surface area contributed by atoms with Crippen LogP contribution in [0.2, 0.25) is 0 Å². The third kappa shape index (κ3) is 5.09. The molecular formula is C12H24N2O5S. The lowest BCUT2D eigenvalue weighted by Gasteiger charge is -2.29. The monoisotopic (exact) mass is 308 g/mol. The van der Waals surface area contributed by atoms with Crippen LogP contribution in [0.3, 0.4) is 0 Å². The predicted octanol–water partition coefficient (Wildman–Crippen LogP) is 0.464. The maximum atomic E-state index is 12.0. The summed E-state index contributed by atoms with van der Waals surface area (Å²) >= 11 is 0. The highest BCUT2D eigenvalue weighted by Gasteiger charge is 2.37. The number of carboxylic acid groups (broad SMARTS) is 1. The molecule has 0 aromatic carbocycles. The molecule has 20 heavy (non-hydrogen) atoms. The van der Waals surface area contributed by atoms with Crippen molar-refractivity contribution in [3.05, 3.63) is 0 Å². The van der Waals surface area contributed by atoms with Crippen molar-refractivity contribution in [3.8, 4) is 0 Å². The van der Waals surface area contributed by atoms with Crippen molar-refractivity contribution in [2.45, 2.75) is 58.5 Å². The lowest BCUT2D eigenvalue weighted by atomic mass is 9.92. The van der Waals surface area contributed by atoms with Crippen LogP contribution < -0.4 is 10.0 Å². The van der Waals surface area contributed by atoms with E-state index in [1.165, 1.54) is 6.92 Å². The van der Waals surface area contributed by atoms with E-state index in [-0.39, 0.29) is 18.6 Å². The van der Waals surface area contributed by atoms with Crippen LogP contribution in [-0.2, 0) is 19.6 Å². The van der Waals surface area contributed by atoms with Gasteiger partial charge in [-0.05, 0) is 26.2 Å². The van der Waals surface area contributed by atoms with Crippen LogP contribution in [0.1, 0.15) is 47.0 Å². The SMILES string of the molecule is CCCS(=O)(=O)NC(C)C(=O)NC(CC)(CC)C(=O)O. The number of sulfonamides is 1. The molecular weight excluding hydrogens is 284 g/mol. The summed E-state index contributed by atoms with van der Waals surface area (Å²) in [5.41, 5.74) is -1.36. The fraction of sp³-hybridized carbons (Fsp3) is 0.833. The van der Waals surface area contributed by atoms with Crippen LogP contribution >= 0.6 is 0 Å². The first-order valence-corrected chi connectivity index (χ1v) is 8.34. The molecule has 0 heterocycles. The predicted molar refractivity (Wildman–Crippen MR) is 75.8 cm³/mol. The Bertz CT molecular complexity index is 443. The molecule has 0 aliphatic heterocycles. The van der Waals surface area contributed by atoms with Gasteiger partial charge in [0.1, 0.15) is 5.54 Å². The minimum Gasteiger partial charge on any atom is -0.480 e. The molecule has 0 aliphatic carbocycles. The van der Waals surface area contributed by atoms with Crippen LogP contribution in [0.4, 0.5) is 0 Å². The Labute approximate surface area is 120 Å². The molecule has 0 radical (unpaired) electrons. The Morgan fingerprint density at radius 2 is 1.70 bits per heavy atom. The molecule has 0 saturated carbocycles. The molecule has 0 aromatic heterocycles. The van der Waals surface area contributed by atoms with Crippen molar-refractivity contribution in [2.75, 3.05) is 5.75 Å². The summed E-state index contributed by atoms with van der Waals surface area (Å²) in [4.78, 5) is 23.2. The van der Waals surface area contributed by atoms with E-state index < -0.39 is 33.5 Å². The second-order valence-corrected chi connectivity index (χ2v) is 6.62. The molecule has 118 valence electrons. The van der Waals surface area contributed by atoms with E-state index in [4.69, 9.17) is 0 Å². The van der Waals surface area contributed by atoms with Gasteiger partial charge in [0.15, 0.2) is 0 Å². The fourth-order valence-electron chi connectivity index (χ4n) is 1.78. The highest BCUT2D eigenvalue weighted by Crippen LogP contribution is 2.15. The summed E-state index contributed by atoms with van der Waals surface area (Å²) in [6, 6.07) is -1.01. The molecule has 3 N–H and O–H groups in total. The molecule has 0 fully saturated rings. The molecule has 1 atom stereocenters. The number of aliphatic carboxylic acids is 1. The lowest BCUT2D eigenvalue weighted by molar-refractivity contribution is -0.148. The Morgan fingerprint density at radius 3 is 2.05 bits per heavy atom.